The van der Waals surface area contributed by atoms with Crippen molar-refractivity contribution < 1.29 is 14.3 Å². The van der Waals surface area contributed by atoms with Gasteiger partial charge in [-0.3, -0.25) is 4.79 Å². The third-order valence-corrected chi connectivity index (χ3v) is 2.41. The first-order valence-corrected chi connectivity index (χ1v) is 5.10. The highest BCUT2D eigenvalue weighted by molar-refractivity contribution is 6.08. The fourth-order valence-corrected chi connectivity index (χ4v) is 1.57. The molecule has 0 aliphatic carbocycles. The molecule has 1 heterocycles. The van der Waals surface area contributed by atoms with Gasteiger partial charge in [0, 0.05) is 5.57 Å². The Morgan fingerprint density at radius 1 is 1.29 bits per heavy atom. The lowest BCUT2D eigenvalue weighted by Crippen LogP contribution is -1.96. The lowest BCUT2D eigenvalue weighted by molar-refractivity contribution is -0.151. The topological polar surface area (TPSA) is 67.2 Å². The van der Waals surface area contributed by atoms with Crippen molar-refractivity contribution in [2.75, 3.05) is 0 Å². The molecule has 0 radical (unpaired) electrons. The molecule has 0 atom stereocenters. The predicted octanol–water partition coefficient (Wildman–Crippen LogP) is 1.61. The lowest BCUT2D eigenvalue weighted by Gasteiger charge is -1.97. The van der Waals surface area contributed by atoms with Gasteiger partial charge in [-0.1, -0.05) is 24.3 Å². The second kappa shape index (κ2) is 4.62. The van der Waals surface area contributed by atoms with Crippen LogP contribution in [0.25, 0.3) is 6.08 Å². The summed E-state index contributed by atoms with van der Waals surface area (Å²) in [5, 5.41) is 8.52. The first-order chi connectivity index (χ1) is 8.19. The molecule has 1 fully saturated rings. The standard InChI is InChI=1S/C13H9NO3/c14-6-5-9-1-3-10(4-2-9)7-11-8-12(15)17-13(11)16/h1-4,7H,5,8H2/b11-7+. The summed E-state index contributed by atoms with van der Waals surface area (Å²) in [6.07, 6.45) is 2.01. The molecule has 0 amide bonds. The normalized spacial score (nSPS) is 17.0. The van der Waals surface area contributed by atoms with Gasteiger partial charge in [0.1, 0.15) is 0 Å². The van der Waals surface area contributed by atoms with E-state index < -0.39 is 11.9 Å². The van der Waals surface area contributed by atoms with Gasteiger partial charge in [-0.15, -0.1) is 0 Å². The quantitative estimate of drug-likeness (QED) is 0.437. The number of rotatable bonds is 2. The highest BCUT2D eigenvalue weighted by Crippen LogP contribution is 2.18. The summed E-state index contributed by atoms with van der Waals surface area (Å²) >= 11 is 0. The van der Waals surface area contributed by atoms with Gasteiger partial charge >= 0.3 is 11.9 Å². The van der Waals surface area contributed by atoms with Crippen molar-refractivity contribution in [2.24, 2.45) is 0 Å². The van der Waals surface area contributed by atoms with Crippen LogP contribution < -0.4 is 0 Å². The number of hydrogen-bond acceptors (Lipinski definition) is 4. The van der Waals surface area contributed by atoms with Gasteiger partial charge < -0.3 is 4.74 Å². The Balaban J connectivity index is 2.19. The molecule has 1 saturated heterocycles. The molecule has 0 N–H and O–H groups in total. The summed E-state index contributed by atoms with van der Waals surface area (Å²) in [7, 11) is 0. The third kappa shape index (κ3) is 2.58. The fourth-order valence-electron chi connectivity index (χ4n) is 1.57. The van der Waals surface area contributed by atoms with Crippen molar-refractivity contribution in [2.45, 2.75) is 12.8 Å². The van der Waals surface area contributed by atoms with Gasteiger partial charge in [-0.2, -0.15) is 5.26 Å². The zero-order chi connectivity index (χ0) is 12.3. The largest absolute Gasteiger partial charge is 0.389 e. The summed E-state index contributed by atoms with van der Waals surface area (Å²) < 4.78 is 4.42. The second-order valence-electron chi connectivity index (χ2n) is 3.68. The summed E-state index contributed by atoms with van der Waals surface area (Å²) in [6, 6.07) is 9.29. The van der Waals surface area contributed by atoms with Gasteiger partial charge in [0.25, 0.3) is 0 Å². The predicted molar refractivity (Wildman–Crippen MR) is 59.5 cm³/mol. The average Bonchev–Trinajstić information content (AvgIpc) is 2.61. The number of nitrogens with zero attached hydrogens (tertiary/aromatic N) is 1. The number of carbonyl (C=O) groups excluding carboxylic acids is 2. The van der Waals surface area contributed by atoms with E-state index in [-0.39, 0.29) is 6.42 Å². The van der Waals surface area contributed by atoms with Crippen molar-refractivity contribution in [1.29, 1.82) is 5.26 Å². The molecule has 1 aromatic rings. The summed E-state index contributed by atoms with van der Waals surface area (Å²) in [5.41, 5.74) is 2.09. The molecule has 17 heavy (non-hydrogen) atoms. The van der Waals surface area contributed by atoms with Crippen LogP contribution in [0.5, 0.6) is 0 Å². The molecule has 1 aromatic carbocycles. The number of cyclic esters (lactones) is 2. The first-order valence-electron chi connectivity index (χ1n) is 5.10. The van der Waals surface area contributed by atoms with E-state index in [1.165, 1.54) is 0 Å². The molecule has 0 spiro atoms. The fraction of sp³-hybridized carbons (Fsp3) is 0.154. The summed E-state index contributed by atoms with van der Waals surface area (Å²) in [4.78, 5) is 22.1. The number of nitriles is 1. The molecular formula is C13H9NO3. The smallest absolute Gasteiger partial charge is 0.342 e. The molecule has 2 rings (SSSR count). The van der Waals surface area contributed by atoms with E-state index in [1.807, 2.05) is 12.1 Å². The van der Waals surface area contributed by atoms with Gasteiger partial charge in [-0.05, 0) is 17.2 Å². The van der Waals surface area contributed by atoms with Crippen molar-refractivity contribution in [1.82, 2.24) is 0 Å². The average molecular weight is 227 g/mol. The van der Waals surface area contributed by atoms with E-state index in [1.54, 1.807) is 18.2 Å². The van der Waals surface area contributed by atoms with Crippen molar-refractivity contribution >= 4 is 18.0 Å². The van der Waals surface area contributed by atoms with E-state index in [2.05, 4.69) is 10.8 Å². The minimum Gasteiger partial charge on any atom is -0.389 e. The van der Waals surface area contributed by atoms with Crippen molar-refractivity contribution in [3.05, 3.63) is 41.0 Å². The number of hydrogen-bond donors (Lipinski definition) is 0. The highest BCUT2D eigenvalue weighted by atomic mass is 16.6. The maximum atomic E-state index is 11.2. The van der Waals surface area contributed by atoms with Gasteiger partial charge in [-0.25, -0.2) is 4.79 Å². The number of esters is 2. The zero-order valence-corrected chi connectivity index (χ0v) is 8.97. The van der Waals surface area contributed by atoms with E-state index in [9.17, 15) is 9.59 Å². The third-order valence-electron chi connectivity index (χ3n) is 2.41. The molecule has 4 heteroatoms. The van der Waals surface area contributed by atoms with Crippen LogP contribution in [0.2, 0.25) is 0 Å². The molecule has 84 valence electrons. The monoisotopic (exact) mass is 227 g/mol. The Kier molecular flexibility index (Phi) is 3.01. The van der Waals surface area contributed by atoms with E-state index in [4.69, 9.17) is 5.26 Å². The maximum Gasteiger partial charge on any atom is 0.342 e. The number of carbonyl (C=O) groups is 2. The van der Waals surface area contributed by atoms with E-state index >= 15 is 0 Å². The Bertz CT molecular complexity index is 535. The minimum atomic E-state index is -0.573. The van der Waals surface area contributed by atoms with E-state index in [0.29, 0.717) is 12.0 Å². The van der Waals surface area contributed by atoms with Crippen LogP contribution in [-0.2, 0) is 20.7 Å². The van der Waals surface area contributed by atoms with Crippen LogP contribution in [0.15, 0.2) is 29.8 Å². The molecule has 0 aromatic heterocycles. The molecule has 0 saturated carbocycles. The summed E-state index contributed by atoms with van der Waals surface area (Å²) in [5.74, 6) is -1.08. The number of benzene rings is 1. The lowest BCUT2D eigenvalue weighted by atomic mass is 10.1. The van der Waals surface area contributed by atoms with Crippen LogP contribution in [0.3, 0.4) is 0 Å². The Morgan fingerprint density at radius 3 is 2.53 bits per heavy atom. The van der Waals surface area contributed by atoms with Gasteiger partial charge in [0.05, 0.1) is 18.9 Å². The minimum absolute atomic E-state index is 0.0266. The molecule has 1 aliphatic heterocycles. The van der Waals surface area contributed by atoms with Crippen molar-refractivity contribution in [3.8, 4) is 6.07 Å². The molecule has 1 aliphatic rings. The Hall–Kier alpha value is -2.41. The summed E-state index contributed by atoms with van der Waals surface area (Å²) in [6.45, 7) is 0. The number of ether oxygens (including phenoxy) is 1. The molecule has 4 nitrogen and oxygen atoms in total. The zero-order valence-electron chi connectivity index (χ0n) is 8.97. The van der Waals surface area contributed by atoms with Crippen LogP contribution in [0.1, 0.15) is 17.5 Å². The maximum absolute atomic E-state index is 11.2. The Labute approximate surface area is 98.1 Å². The Morgan fingerprint density at radius 2 is 2.00 bits per heavy atom. The molecular weight excluding hydrogens is 218 g/mol. The SMILES string of the molecule is N#CCc1ccc(/C=C2\CC(=O)OC2=O)cc1. The van der Waals surface area contributed by atoms with Crippen LogP contribution >= 0.6 is 0 Å². The molecule has 0 bridgehead atoms. The second-order valence-corrected chi connectivity index (χ2v) is 3.68. The van der Waals surface area contributed by atoms with Gasteiger partial charge in [0.15, 0.2) is 0 Å². The first kappa shape index (κ1) is 11.1. The molecule has 0 unspecified atom stereocenters. The highest BCUT2D eigenvalue weighted by Gasteiger charge is 2.26. The van der Waals surface area contributed by atoms with E-state index in [0.717, 1.165) is 11.1 Å². The van der Waals surface area contributed by atoms with Crippen LogP contribution in [0, 0.1) is 11.3 Å². The van der Waals surface area contributed by atoms with Crippen molar-refractivity contribution in [3.63, 3.8) is 0 Å². The van der Waals surface area contributed by atoms with Crippen LogP contribution in [0.4, 0.5) is 0 Å². The van der Waals surface area contributed by atoms with Gasteiger partial charge in [0.2, 0.25) is 0 Å². The van der Waals surface area contributed by atoms with Crippen LogP contribution in [-0.4, -0.2) is 11.9 Å².